The van der Waals surface area contributed by atoms with Crippen LogP contribution in [0.15, 0.2) is 39.6 Å². The summed E-state index contributed by atoms with van der Waals surface area (Å²) in [5, 5.41) is 1.04. The first-order valence-corrected chi connectivity index (χ1v) is 4.45. The van der Waals surface area contributed by atoms with Crippen LogP contribution in [0.2, 0.25) is 0 Å². The van der Waals surface area contributed by atoms with E-state index in [-0.39, 0.29) is 0 Å². The van der Waals surface area contributed by atoms with Gasteiger partial charge in [-0.05, 0) is 18.2 Å². The minimum atomic E-state index is 0.871. The molecule has 0 atom stereocenters. The van der Waals surface area contributed by atoms with Gasteiger partial charge in [-0.3, -0.25) is 0 Å². The lowest BCUT2D eigenvalue weighted by molar-refractivity contribution is 0.575. The Balaban J connectivity index is 2.45. The van der Waals surface area contributed by atoms with E-state index < -0.39 is 0 Å². The van der Waals surface area contributed by atoms with Crippen molar-refractivity contribution in [3.8, 4) is 11.3 Å². The van der Waals surface area contributed by atoms with E-state index in [9.17, 15) is 0 Å². The van der Waals surface area contributed by atoms with Crippen molar-refractivity contribution >= 4 is 15.6 Å². The molecule has 2 aromatic rings. The third kappa shape index (κ3) is 1.14. The molecule has 0 fully saturated rings. The molecule has 0 aliphatic carbocycles. The lowest BCUT2D eigenvalue weighted by atomic mass is 10.3. The average Bonchev–Trinajstić information content (AvgIpc) is 2.55. The molecule has 2 aromatic heterocycles. The highest BCUT2D eigenvalue weighted by molar-refractivity contribution is 6.30. The van der Waals surface area contributed by atoms with Crippen LogP contribution in [-0.4, -0.2) is 10.2 Å². The highest BCUT2D eigenvalue weighted by Gasteiger charge is 2.01. The Morgan fingerprint density at radius 3 is 2.73 bits per heavy atom. The van der Waals surface area contributed by atoms with E-state index in [0.29, 0.717) is 0 Å². The van der Waals surface area contributed by atoms with Crippen LogP contribution >= 0.6 is 0 Å². The number of furan rings is 2. The number of hydrogen-bond acceptors (Lipinski definition) is 2. The highest BCUT2D eigenvalue weighted by Crippen LogP contribution is 2.18. The van der Waals surface area contributed by atoms with E-state index >= 15 is 0 Å². The second-order valence-electron chi connectivity index (χ2n) is 2.42. The van der Waals surface area contributed by atoms with Crippen molar-refractivity contribution in [3.63, 3.8) is 0 Å². The fourth-order valence-electron chi connectivity index (χ4n) is 1.02. The fraction of sp³-hybridized carbons (Fsp3) is 0. The normalized spacial score (nSPS) is 10.5. The van der Waals surface area contributed by atoms with Gasteiger partial charge in [0.2, 0.25) is 0 Å². The molecule has 0 unspecified atom stereocenters. The van der Waals surface area contributed by atoms with Crippen LogP contribution in [0.3, 0.4) is 0 Å². The second-order valence-corrected chi connectivity index (χ2v) is 3.41. The van der Waals surface area contributed by atoms with Gasteiger partial charge in [0.25, 0.3) is 0 Å². The van der Waals surface area contributed by atoms with Crippen LogP contribution < -0.4 is 5.38 Å². The molecule has 0 saturated carbocycles. The van der Waals surface area contributed by atoms with E-state index in [1.165, 1.54) is 0 Å². The Kier molecular flexibility index (Phi) is 1.43. The molecule has 2 heterocycles. The summed E-state index contributed by atoms with van der Waals surface area (Å²) in [7, 11) is 0.946. The Morgan fingerprint density at radius 1 is 1.27 bits per heavy atom. The zero-order chi connectivity index (χ0) is 7.68. The lowest BCUT2D eigenvalue weighted by Crippen LogP contribution is -1.92. The fourth-order valence-corrected chi connectivity index (χ4v) is 1.44. The van der Waals surface area contributed by atoms with Crippen molar-refractivity contribution < 1.29 is 8.83 Å². The Hall–Kier alpha value is -1.22. The van der Waals surface area contributed by atoms with Gasteiger partial charge in [-0.1, -0.05) is 0 Å². The van der Waals surface area contributed by atoms with Gasteiger partial charge in [0, 0.05) is 0 Å². The maximum absolute atomic E-state index is 5.19. The van der Waals surface area contributed by atoms with Crippen LogP contribution in [-0.2, 0) is 0 Å². The van der Waals surface area contributed by atoms with Crippen molar-refractivity contribution in [2.75, 3.05) is 0 Å². The Morgan fingerprint density at radius 2 is 2.18 bits per heavy atom. The Labute approximate surface area is 67.2 Å². The average molecular weight is 164 g/mol. The van der Waals surface area contributed by atoms with Crippen molar-refractivity contribution in [1.82, 2.24) is 0 Å². The maximum Gasteiger partial charge on any atom is 0.137 e. The first-order valence-electron chi connectivity index (χ1n) is 3.45. The summed E-state index contributed by atoms with van der Waals surface area (Å²) in [6, 6.07) is 5.80. The molecule has 2 rings (SSSR count). The second kappa shape index (κ2) is 2.43. The minimum absolute atomic E-state index is 0.871. The first-order chi connectivity index (χ1) is 5.36. The van der Waals surface area contributed by atoms with Crippen LogP contribution in [0.5, 0.6) is 0 Å². The smallest absolute Gasteiger partial charge is 0.137 e. The molecule has 0 spiro atoms. The summed E-state index contributed by atoms with van der Waals surface area (Å²) < 4.78 is 10.4. The molecule has 0 bridgehead atoms. The van der Waals surface area contributed by atoms with Crippen molar-refractivity contribution in [1.29, 1.82) is 0 Å². The molecular formula is C8H8O2Si. The molecule has 11 heavy (non-hydrogen) atoms. The van der Waals surface area contributed by atoms with Crippen molar-refractivity contribution in [2.45, 2.75) is 0 Å². The molecule has 0 aliphatic heterocycles. The number of rotatable bonds is 1. The van der Waals surface area contributed by atoms with Gasteiger partial charge in [0.1, 0.15) is 12.0 Å². The molecule has 0 saturated heterocycles. The predicted octanol–water partition coefficient (Wildman–Crippen LogP) is 0.530. The SMILES string of the molecule is [SiH3]c1cc(-c2ccco2)co1. The van der Waals surface area contributed by atoms with E-state index in [2.05, 4.69) is 0 Å². The largest absolute Gasteiger partial charge is 0.475 e. The highest BCUT2D eigenvalue weighted by atomic mass is 28.1. The Bertz CT molecular complexity index is 335. The lowest BCUT2D eigenvalue weighted by Gasteiger charge is -1.84. The molecule has 3 heteroatoms. The third-order valence-corrected chi connectivity index (χ3v) is 2.06. The van der Waals surface area contributed by atoms with E-state index in [4.69, 9.17) is 8.83 Å². The zero-order valence-corrected chi connectivity index (χ0v) is 8.20. The van der Waals surface area contributed by atoms with Crippen LogP contribution in [0.1, 0.15) is 0 Å². The van der Waals surface area contributed by atoms with E-state index in [0.717, 1.165) is 26.9 Å². The third-order valence-electron chi connectivity index (χ3n) is 1.54. The van der Waals surface area contributed by atoms with Crippen molar-refractivity contribution in [3.05, 3.63) is 30.7 Å². The predicted molar refractivity (Wildman–Crippen MR) is 46.0 cm³/mol. The quantitative estimate of drug-likeness (QED) is 0.575. The summed E-state index contributed by atoms with van der Waals surface area (Å²) >= 11 is 0. The molecule has 0 aliphatic rings. The van der Waals surface area contributed by atoms with Crippen LogP contribution in [0, 0.1) is 0 Å². The zero-order valence-electron chi connectivity index (χ0n) is 6.20. The summed E-state index contributed by atoms with van der Waals surface area (Å²) in [6.45, 7) is 0. The molecule has 0 radical (unpaired) electrons. The van der Waals surface area contributed by atoms with Gasteiger partial charge in [0.15, 0.2) is 0 Å². The van der Waals surface area contributed by atoms with Gasteiger partial charge in [-0.15, -0.1) is 0 Å². The van der Waals surface area contributed by atoms with Gasteiger partial charge in [-0.25, -0.2) is 0 Å². The van der Waals surface area contributed by atoms with Crippen molar-refractivity contribution in [2.24, 2.45) is 0 Å². The van der Waals surface area contributed by atoms with Gasteiger partial charge >= 0.3 is 0 Å². The summed E-state index contributed by atoms with van der Waals surface area (Å²) in [5.74, 6) is 0.871. The summed E-state index contributed by atoms with van der Waals surface area (Å²) in [6.07, 6.45) is 3.39. The van der Waals surface area contributed by atoms with Gasteiger partial charge in [-0.2, -0.15) is 0 Å². The molecule has 56 valence electrons. The van der Waals surface area contributed by atoms with E-state index in [1.807, 2.05) is 18.2 Å². The van der Waals surface area contributed by atoms with Gasteiger partial charge in [0.05, 0.1) is 27.5 Å². The van der Waals surface area contributed by atoms with Crippen LogP contribution in [0.4, 0.5) is 0 Å². The first kappa shape index (κ1) is 6.48. The molecule has 2 nitrogen and oxygen atoms in total. The molecular weight excluding hydrogens is 156 g/mol. The molecule has 0 N–H and O–H groups in total. The minimum Gasteiger partial charge on any atom is -0.475 e. The standard InChI is InChI=1S/C8H8O2Si/c11-8-4-6(5-10-8)7-2-1-3-9-7/h1-5H,11H3. The number of hydrogen-bond donors (Lipinski definition) is 0. The topological polar surface area (TPSA) is 26.3 Å². The van der Waals surface area contributed by atoms with Crippen LogP contribution in [0.25, 0.3) is 11.3 Å². The van der Waals surface area contributed by atoms with Gasteiger partial charge < -0.3 is 8.83 Å². The monoisotopic (exact) mass is 164 g/mol. The maximum atomic E-state index is 5.19. The molecule has 0 aromatic carbocycles. The molecule has 0 amide bonds. The summed E-state index contributed by atoms with van der Waals surface area (Å²) in [5.41, 5.74) is 1.03. The van der Waals surface area contributed by atoms with E-state index in [1.54, 1.807) is 12.5 Å². The summed E-state index contributed by atoms with van der Waals surface area (Å²) in [4.78, 5) is 0.